The van der Waals surface area contributed by atoms with E-state index in [0.717, 1.165) is 27.1 Å². The number of hydrogen-bond acceptors (Lipinski definition) is 3. The summed E-state index contributed by atoms with van der Waals surface area (Å²) in [6.07, 6.45) is 1.79. The quantitative estimate of drug-likeness (QED) is 0.353. The van der Waals surface area contributed by atoms with Gasteiger partial charge in [-0.3, -0.25) is 0 Å². The minimum Gasteiger partial charge on any atom is -0.352 e. The van der Waals surface area contributed by atoms with Gasteiger partial charge in [0.25, 0.3) is 0 Å². The topological polar surface area (TPSA) is 21.7 Å². The first-order chi connectivity index (χ1) is 14.1. The molecule has 0 saturated carbocycles. The van der Waals surface area contributed by atoms with Gasteiger partial charge in [-0.1, -0.05) is 58.4 Å². The summed E-state index contributed by atoms with van der Waals surface area (Å²) in [5.74, 6) is 0. The van der Waals surface area contributed by atoms with Gasteiger partial charge in [-0.15, -0.1) is 0 Å². The standard InChI is InChI=1S/C25H26BrNO2/c1-5-24(23-9-7-6-8-18(23)2)27(22-16-12-20(26)13-17-22)21-14-10-19(11-15-21)25(28-3)29-4/h5-17,25H,1-4H3/b24-5+. The average molecular weight is 452 g/mol. The van der Waals surface area contributed by atoms with Crippen LogP contribution >= 0.6 is 15.9 Å². The van der Waals surface area contributed by atoms with Gasteiger partial charge < -0.3 is 14.4 Å². The van der Waals surface area contributed by atoms with Gasteiger partial charge in [-0.2, -0.15) is 0 Å². The van der Waals surface area contributed by atoms with E-state index in [2.05, 4.69) is 101 Å². The molecule has 0 atom stereocenters. The normalized spacial score (nSPS) is 11.7. The Labute approximate surface area is 181 Å². The van der Waals surface area contributed by atoms with E-state index >= 15 is 0 Å². The van der Waals surface area contributed by atoms with Gasteiger partial charge in [0.05, 0.1) is 0 Å². The molecule has 4 heteroatoms. The Morgan fingerprint density at radius 1 is 0.862 bits per heavy atom. The van der Waals surface area contributed by atoms with Crippen LogP contribution in [0.15, 0.2) is 83.3 Å². The molecule has 0 unspecified atom stereocenters. The first-order valence-corrected chi connectivity index (χ1v) is 10.3. The van der Waals surface area contributed by atoms with E-state index in [1.165, 1.54) is 11.1 Å². The molecule has 0 heterocycles. The van der Waals surface area contributed by atoms with E-state index in [9.17, 15) is 0 Å². The van der Waals surface area contributed by atoms with Gasteiger partial charge in [-0.05, 0) is 55.8 Å². The third-order valence-corrected chi connectivity index (χ3v) is 5.40. The number of halogens is 1. The lowest BCUT2D eigenvalue weighted by atomic mass is 10.0. The van der Waals surface area contributed by atoms with E-state index in [1.54, 1.807) is 14.2 Å². The molecule has 0 aliphatic carbocycles. The van der Waals surface area contributed by atoms with Gasteiger partial charge in [0.1, 0.15) is 0 Å². The van der Waals surface area contributed by atoms with Crippen molar-refractivity contribution in [1.82, 2.24) is 0 Å². The van der Waals surface area contributed by atoms with Crippen LogP contribution in [0, 0.1) is 6.92 Å². The third kappa shape index (κ3) is 4.78. The van der Waals surface area contributed by atoms with Crippen LogP contribution in [0.5, 0.6) is 0 Å². The van der Waals surface area contributed by atoms with Crippen LogP contribution in [-0.4, -0.2) is 14.2 Å². The van der Waals surface area contributed by atoms with Crippen LogP contribution in [-0.2, 0) is 9.47 Å². The second-order valence-corrected chi connectivity index (χ2v) is 7.61. The van der Waals surface area contributed by atoms with Crippen molar-refractivity contribution in [2.75, 3.05) is 19.1 Å². The molecule has 3 aromatic carbocycles. The van der Waals surface area contributed by atoms with Crippen molar-refractivity contribution in [2.45, 2.75) is 20.1 Å². The molecule has 0 aromatic heterocycles. The maximum Gasteiger partial charge on any atom is 0.183 e. The summed E-state index contributed by atoms with van der Waals surface area (Å²) in [7, 11) is 3.29. The van der Waals surface area contributed by atoms with E-state index in [0.29, 0.717) is 0 Å². The molecule has 0 N–H and O–H groups in total. The Morgan fingerprint density at radius 2 is 1.41 bits per heavy atom. The van der Waals surface area contributed by atoms with E-state index in [1.807, 2.05) is 12.1 Å². The largest absolute Gasteiger partial charge is 0.352 e. The summed E-state index contributed by atoms with van der Waals surface area (Å²) in [5.41, 5.74) is 6.71. The summed E-state index contributed by atoms with van der Waals surface area (Å²) >= 11 is 3.54. The van der Waals surface area contributed by atoms with Gasteiger partial charge in [-0.25, -0.2) is 0 Å². The number of rotatable bonds is 7. The Kier molecular flexibility index (Phi) is 7.26. The smallest absolute Gasteiger partial charge is 0.183 e. The van der Waals surface area contributed by atoms with Crippen LogP contribution in [0.1, 0.15) is 29.9 Å². The maximum atomic E-state index is 5.38. The summed E-state index contributed by atoms with van der Waals surface area (Å²) in [6.45, 7) is 4.22. The van der Waals surface area contributed by atoms with Gasteiger partial charge >= 0.3 is 0 Å². The molecular formula is C25H26BrNO2. The van der Waals surface area contributed by atoms with Crippen LogP contribution < -0.4 is 4.90 Å². The molecule has 0 fully saturated rings. The van der Waals surface area contributed by atoms with Crippen molar-refractivity contribution in [3.8, 4) is 0 Å². The second kappa shape index (κ2) is 9.88. The zero-order valence-corrected chi connectivity index (χ0v) is 18.8. The van der Waals surface area contributed by atoms with Crippen LogP contribution in [0.4, 0.5) is 11.4 Å². The van der Waals surface area contributed by atoms with Crippen LogP contribution in [0.3, 0.4) is 0 Å². The number of hydrogen-bond donors (Lipinski definition) is 0. The van der Waals surface area contributed by atoms with Crippen molar-refractivity contribution in [2.24, 2.45) is 0 Å². The summed E-state index contributed by atoms with van der Waals surface area (Å²) in [6, 6.07) is 25.1. The van der Waals surface area contributed by atoms with Crippen molar-refractivity contribution in [1.29, 1.82) is 0 Å². The fourth-order valence-electron chi connectivity index (χ4n) is 3.43. The van der Waals surface area contributed by atoms with Gasteiger partial charge in [0.15, 0.2) is 6.29 Å². The number of ether oxygens (including phenoxy) is 2. The van der Waals surface area contributed by atoms with Crippen molar-refractivity contribution in [3.63, 3.8) is 0 Å². The molecule has 0 amide bonds. The monoisotopic (exact) mass is 451 g/mol. The fraction of sp³-hybridized carbons (Fsp3) is 0.200. The first-order valence-electron chi connectivity index (χ1n) is 9.52. The van der Waals surface area contributed by atoms with E-state index in [4.69, 9.17) is 9.47 Å². The highest BCUT2D eigenvalue weighted by atomic mass is 79.9. The molecular weight excluding hydrogens is 426 g/mol. The summed E-state index contributed by atoms with van der Waals surface area (Å²) < 4.78 is 11.8. The summed E-state index contributed by atoms with van der Waals surface area (Å²) in [5, 5.41) is 0. The number of nitrogens with zero attached hydrogens (tertiary/aromatic N) is 1. The van der Waals surface area contributed by atoms with E-state index < -0.39 is 0 Å². The highest BCUT2D eigenvalue weighted by molar-refractivity contribution is 9.10. The molecule has 0 radical (unpaired) electrons. The second-order valence-electron chi connectivity index (χ2n) is 6.70. The minimum absolute atomic E-state index is 0.372. The molecule has 150 valence electrons. The predicted molar refractivity (Wildman–Crippen MR) is 124 cm³/mol. The molecule has 0 aliphatic heterocycles. The molecule has 0 saturated heterocycles. The Morgan fingerprint density at radius 3 is 1.93 bits per heavy atom. The first kappa shape index (κ1) is 21.3. The van der Waals surface area contributed by atoms with Crippen LogP contribution in [0.2, 0.25) is 0 Å². The number of methoxy groups -OCH3 is 2. The van der Waals surface area contributed by atoms with Crippen molar-refractivity contribution >= 4 is 33.0 Å². The Balaban J connectivity index is 2.11. The number of anilines is 2. The number of aryl methyl sites for hydroxylation is 1. The zero-order valence-electron chi connectivity index (χ0n) is 17.2. The van der Waals surface area contributed by atoms with Crippen molar-refractivity contribution < 1.29 is 9.47 Å². The lowest BCUT2D eigenvalue weighted by Crippen LogP contribution is -2.16. The SMILES string of the molecule is C/C=C(\c1ccccc1C)N(c1ccc(Br)cc1)c1ccc(C(OC)OC)cc1. The molecule has 3 nitrogen and oxygen atoms in total. The molecule has 0 aliphatic rings. The highest BCUT2D eigenvalue weighted by Crippen LogP contribution is 2.36. The molecule has 0 spiro atoms. The fourth-order valence-corrected chi connectivity index (χ4v) is 3.70. The average Bonchev–Trinajstić information content (AvgIpc) is 2.75. The molecule has 3 aromatic rings. The lowest BCUT2D eigenvalue weighted by Gasteiger charge is -2.29. The minimum atomic E-state index is -0.372. The maximum absolute atomic E-state index is 5.38. The van der Waals surface area contributed by atoms with Crippen LogP contribution in [0.25, 0.3) is 5.70 Å². The van der Waals surface area contributed by atoms with Gasteiger partial charge in [0, 0.05) is 46.9 Å². The number of benzene rings is 3. The Hall–Kier alpha value is -2.40. The lowest BCUT2D eigenvalue weighted by molar-refractivity contribution is -0.106. The summed E-state index contributed by atoms with van der Waals surface area (Å²) in [4.78, 5) is 2.27. The zero-order chi connectivity index (χ0) is 20.8. The highest BCUT2D eigenvalue weighted by Gasteiger charge is 2.18. The van der Waals surface area contributed by atoms with Crippen molar-refractivity contribution in [3.05, 3.63) is 100 Å². The predicted octanol–water partition coefficient (Wildman–Crippen LogP) is 7.25. The molecule has 29 heavy (non-hydrogen) atoms. The number of allylic oxidation sites excluding steroid dienone is 1. The molecule has 0 bridgehead atoms. The Bertz CT molecular complexity index is 961. The molecule has 3 rings (SSSR count). The van der Waals surface area contributed by atoms with Gasteiger partial charge in [0.2, 0.25) is 0 Å². The van der Waals surface area contributed by atoms with E-state index in [-0.39, 0.29) is 6.29 Å². The third-order valence-electron chi connectivity index (χ3n) is 4.87.